The van der Waals surface area contributed by atoms with Crippen LogP contribution in [-0.4, -0.2) is 0 Å². The molecule has 0 fully saturated rings. The van der Waals surface area contributed by atoms with Gasteiger partial charge in [0.25, 0.3) is 0 Å². The van der Waals surface area contributed by atoms with Gasteiger partial charge in [0.1, 0.15) is 0 Å². The molecule has 3 aromatic rings. The van der Waals surface area contributed by atoms with Gasteiger partial charge in [-0.05, 0) is 56.8 Å². The van der Waals surface area contributed by atoms with E-state index < -0.39 is 7.92 Å². The van der Waals surface area contributed by atoms with E-state index in [1.807, 2.05) is 0 Å². The second-order valence-electron chi connectivity index (χ2n) is 6.59. The van der Waals surface area contributed by atoms with Crippen LogP contribution in [0.3, 0.4) is 0 Å². The minimum absolute atomic E-state index is 0.552. The van der Waals surface area contributed by atoms with Gasteiger partial charge in [-0.3, -0.25) is 0 Å². The van der Waals surface area contributed by atoms with E-state index in [4.69, 9.17) is 0 Å². The van der Waals surface area contributed by atoms with Crippen LogP contribution in [0.5, 0.6) is 0 Å². The molecule has 0 aliphatic rings. The van der Waals surface area contributed by atoms with Gasteiger partial charge in [0.2, 0.25) is 0 Å². The molecule has 2 heteroatoms. The lowest BCUT2D eigenvalue weighted by atomic mass is 10.2. The van der Waals surface area contributed by atoms with Crippen LogP contribution in [0.4, 0.5) is 0 Å². The molecular weight excluding hydrogens is 326 g/mol. The lowest BCUT2D eigenvalue weighted by Crippen LogP contribution is -2.28. The van der Waals surface area contributed by atoms with Crippen LogP contribution < -0.4 is 21.2 Å². The van der Waals surface area contributed by atoms with Crippen molar-refractivity contribution in [2.75, 3.05) is 0 Å². The quantitative estimate of drug-likeness (QED) is 0.622. The normalized spacial score (nSPS) is 11.1. The Balaban J connectivity index is 2.26. The van der Waals surface area contributed by atoms with E-state index in [9.17, 15) is 0 Å². The molecule has 0 aliphatic heterocycles. The first-order chi connectivity index (χ1) is 11.4. The van der Waals surface area contributed by atoms with Crippen LogP contribution in [-0.2, 0) is 0 Å². The van der Waals surface area contributed by atoms with E-state index in [0.29, 0.717) is 0 Å². The molecule has 0 amide bonds. The van der Waals surface area contributed by atoms with E-state index in [1.165, 1.54) is 43.5 Å². The molecule has 0 saturated heterocycles. The molecule has 0 N–H and O–H groups in total. The summed E-state index contributed by atoms with van der Waals surface area (Å²) in [6.45, 7) is 8.77. The Hall–Kier alpha value is -1.48. The second kappa shape index (κ2) is 7.18. The third-order valence-corrected chi connectivity index (χ3v) is 7.29. The van der Waals surface area contributed by atoms with Crippen LogP contribution in [0.1, 0.15) is 22.3 Å². The highest BCUT2D eigenvalue weighted by Gasteiger charge is 2.19. The molecule has 1 unspecified atom stereocenters. The largest absolute Gasteiger partial charge is 0.105 e. The van der Waals surface area contributed by atoms with E-state index in [1.54, 1.807) is 0 Å². The zero-order valence-electron chi connectivity index (χ0n) is 14.8. The van der Waals surface area contributed by atoms with Crippen LogP contribution >= 0.6 is 17.2 Å². The molecule has 3 rings (SSSR count). The van der Waals surface area contributed by atoms with Gasteiger partial charge >= 0.3 is 0 Å². The molecule has 0 saturated carbocycles. The smallest absolute Gasteiger partial charge is 0.00795 e. The zero-order valence-corrected chi connectivity index (χ0v) is 16.8. The van der Waals surface area contributed by atoms with Crippen molar-refractivity contribution in [3.63, 3.8) is 0 Å². The summed E-state index contributed by atoms with van der Waals surface area (Å²) >= 11 is 0. The number of rotatable bonds is 3. The Morgan fingerprint density at radius 1 is 0.625 bits per heavy atom. The summed E-state index contributed by atoms with van der Waals surface area (Å²) in [5.74, 6) is 0. The summed E-state index contributed by atoms with van der Waals surface area (Å²) < 4.78 is 0. The lowest BCUT2D eigenvalue weighted by Gasteiger charge is -2.23. The highest BCUT2D eigenvalue weighted by atomic mass is 31.1. The molecule has 0 heterocycles. The summed E-state index contributed by atoms with van der Waals surface area (Å²) in [5.41, 5.74) is 5.34. The van der Waals surface area contributed by atoms with Crippen molar-refractivity contribution in [1.29, 1.82) is 0 Å². The molecule has 0 aromatic heterocycles. The maximum atomic E-state index is 2.92. The molecule has 1 atom stereocenters. The fourth-order valence-electron chi connectivity index (χ4n) is 3.28. The minimum atomic E-state index is -0.552. The molecule has 122 valence electrons. The van der Waals surface area contributed by atoms with Gasteiger partial charge in [0.15, 0.2) is 0 Å². The third kappa shape index (κ3) is 3.77. The SMILES string of the molecule is Cc1cc(C)cc(P(c2cc(C)cc(C)c2)c2ccccc2P)c1. The molecule has 0 nitrogen and oxygen atoms in total. The van der Waals surface area contributed by atoms with Crippen molar-refractivity contribution in [3.8, 4) is 0 Å². The highest BCUT2D eigenvalue weighted by Crippen LogP contribution is 2.34. The van der Waals surface area contributed by atoms with Crippen LogP contribution in [0.15, 0.2) is 60.7 Å². The van der Waals surface area contributed by atoms with Crippen molar-refractivity contribution in [3.05, 3.63) is 82.9 Å². The summed E-state index contributed by atoms with van der Waals surface area (Å²) in [5, 5.41) is 5.58. The maximum Gasteiger partial charge on any atom is -0.00795 e. The fourth-order valence-corrected chi connectivity index (χ4v) is 6.63. The van der Waals surface area contributed by atoms with Crippen LogP contribution in [0, 0.1) is 27.7 Å². The lowest BCUT2D eigenvalue weighted by molar-refractivity contribution is 1.40. The average Bonchev–Trinajstić information content (AvgIpc) is 2.47. The standard InChI is InChI=1S/C22H24P2/c1-15-9-16(2)12-19(11-15)24(22-8-6-5-7-21(22)23)20-13-17(3)10-18(4)14-20/h5-14H,23H2,1-4H3. The molecular formula is C22H24P2. The molecule has 3 aromatic carbocycles. The monoisotopic (exact) mass is 350 g/mol. The summed E-state index contributed by atoms with van der Waals surface area (Å²) in [6.07, 6.45) is 0. The maximum absolute atomic E-state index is 2.92. The Labute approximate surface area is 149 Å². The predicted octanol–water partition coefficient (Wildman–Crippen LogP) is 4.18. The van der Waals surface area contributed by atoms with Gasteiger partial charge in [0, 0.05) is 0 Å². The van der Waals surface area contributed by atoms with Crippen LogP contribution in [0.2, 0.25) is 0 Å². The molecule has 0 aliphatic carbocycles. The van der Waals surface area contributed by atoms with E-state index in [2.05, 4.69) is 97.6 Å². The van der Waals surface area contributed by atoms with Crippen molar-refractivity contribution in [2.24, 2.45) is 0 Å². The Morgan fingerprint density at radius 3 is 1.46 bits per heavy atom. The van der Waals surface area contributed by atoms with Crippen molar-refractivity contribution in [2.45, 2.75) is 27.7 Å². The first-order valence-corrected chi connectivity index (χ1v) is 10.2. The fraction of sp³-hybridized carbons (Fsp3) is 0.182. The average molecular weight is 350 g/mol. The first kappa shape index (κ1) is 17.3. The summed E-state index contributed by atoms with van der Waals surface area (Å²) in [4.78, 5) is 0. The third-order valence-electron chi connectivity index (χ3n) is 4.11. The van der Waals surface area contributed by atoms with E-state index in [-0.39, 0.29) is 0 Å². The van der Waals surface area contributed by atoms with Gasteiger partial charge in [-0.1, -0.05) is 82.9 Å². The first-order valence-electron chi connectivity index (χ1n) is 8.25. The van der Waals surface area contributed by atoms with E-state index >= 15 is 0 Å². The zero-order chi connectivity index (χ0) is 17.3. The molecule has 0 spiro atoms. The summed E-state index contributed by atoms with van der Waals surface area (Å²) in [7, 11) is 2.37. The van der Waals surface area contributed by atoms with Crippen molar-refractivity contribution in [1.82, 2.24) is 0 Å². The van der Waals surface area contributed by atoms with Gasteiger partial charge in [-0.25, -0.2) is 0 Å². The van der Waals surface area contributed by atoms with Gasteiger partial charge in [0.05, 0.1) is 0 Å². The molecule has 24 heavy (non-hydrogen) atoms. The van der Waals surface area contributed by atoms with Crippen LogP contribution in [0.25, 0.3) is 0 Å². The molecule has 0 radical (unpaired) electrons. The second-order valence-corrected chi connectivity index (χ2v) is 9.39. The Kier molecular flexibility index (Phi) is 5.19. The number of aryl methyl sites for hydroxylation is 4. The summed E-state index contributed by atoms with van der Waals surface area (Å²) in [6, 6.07) is 22.7. The minimum Gasteiger partial charge on any atom is -0.105 e. The topological polar surface area (TPSA) is 0 Å². The van der Waals surface area contributed by atoms with Crippen molar-refractivity contribution < 1.29 is 0 Å². The highest BCUT2D eigenvalue weighted by molar-refractivity contribution is 7.80. The van der Waals surface area contributed by atoms with E-state index in [0.717, 1.165) is 0 Å². The van der Waals surface area contributed by atoms with Gasteiger partial charge < -0.3 is 0 Å². The van der Waals surface area contributed by atoms with Gasteiger partial charge in [-0.15, -0.1) is 9.24 Å². The number of hydrogen-bond acceptors (Lipinski definition) is 0. The van der Waals surface area contributed by atoms with Crippen molar-refractivity contribution >= 4 is 38.4 Å². The Morgan fingerprint density at radius 2 is 1.04 bits per heavy atom. The Bertz CT molecular complexity index is 789. The predicted molar refractivity (Wildman–Crippen MR) is 113 cm³/mol. The number of benzene rings is 3. The van der Waals surface area contributed by atoms with Gasteiger partial charge in [-0.2, -0.15) is 0 Å². The number of hydrogen-bond donors (Lipinski definition) is 0. The molecule has 0 bridgehead atoms.